The van der Waals surface area contributed by atoms with E-state index in [-0.39, 0.29) is 39.0 Å². The van der Waals surface area contributed by atoms with Crippen molar-refractivity contribution in [2.75, 3.05) is 53.9 Å². The second-order valence-corrected chi connectivity index (χ2v) is 9.81. The van der Waals surface area contributed by atoms with Gasteiger partial charge in [-0.1, -0.05) is 0 Å². The third kappa shape index (κ3) is 9.12. The molecule has 35 heavy (non-hydrogen) atoms. The molecule has 0 bridgehead atoms. The Bertz CT molecular complexity index is 753. The number of nitrogens with one attached hydrogen (secondary N) is 1. The van der Waals surface area contributed by atoms with Crippen molar-refractivity contribution in [1.82, 2.24) is 5.32 Å². The molecule has 0 aromatic carbocycles. The fraction of sp³-hybridized carbons (Fsp3) is 0.950. The van der Waals surface area contributed by atoms with E-state index in [0.29, 0.717) is 6.42 Å². The van der Waals surface area contributed by atoms with Gasteiger partial charge in [0.05, 0.1) is 70.1 Å². The summed E-state index contributed by atoms with van der Waals surface area (Å²) < 4.78 is 63.2. The molecule has 9 atom stereocenters. The molecule has 0 spiro atoms. The lowest BCUT2D eigenvalue weighted by Crippen LogP contribution is -2.63. The van der Waals surface area contributed by atoms with Crippen molar-refractivity contribution in [3.63, 3.8) is 0 Å². The second kappa shape index (κ2) is 14.1. The van der Waals surface area contributed by atoms with E-state index in [1.165, 1.54) is 21.1 Å². The average Bonchev–Trinajstić information content (AvgIpc) is 2.78. The van der Waals surface area contributed by atoms with Crippen LogP contribution in [0, 0.1) is 11.8 Å². The minimum atomic E-state index is -4.78. The highest BCUT2D eigenvalue weighted by Crippen LogP contribution is 2.29. The molecule has 206 valence electrons. The first-order valence-electron chi connectivity index (χ1n) is 11.2. The Morgan fingerprint density at radius 1 is 0.971 bits per heavy atom. The Kier molecular flexibility index (Phi) is 12.2. The van der Waals surface area contributed by atoms with Crippen molar-refractivity contribution in [2.45, 2.75) is 56.0 Å². The van der Waals surface area contributed by atoms with Gasteiger partial charge in [-0.15, -0.1) is 0 Å². The summed E-state index contributed by atoms with van der Waals surface area (Å²) in [6, 6.07) is -0.899. The van der Waals surface area contributed by atoms with Crippen LogP contribution < -0.4 is 5.32 Å². The Labute approximate surface area is 204 Å². The SMILES string of the molecule is COC[C@@H]1CC(CO)O[C@@H](COC[C@@H]2C(COS(=O)(=O)O)O[C@@H](COC)C(NC(C)=O)[C@@H]2O)C1O. The molecule has 0 radical (unpaired) electrons. The maximum Gasteiger partial charge on any atom is 0.397 e. The quantitative estimate of drug-likeness (QED) is 0.156. The summed E-state index contributed by atoms with van der Waals surface area (Å²) in [5.74, 6) is -1.60. The topological polar surface area (TPSA) is 200 Å². The van der Waals surface area contributed by atoms with Gasteiger partial charge in [-0.2, -0.15) is 8.42 Å². The van der Waals surface area contributed by atoms with Gasteiger partial charge in [-0.05, 0) is 6.42 Å². The number of rotatable bonds is 13. The molecule has 2 rings (SSSR count). The van der Waals surface area contributed by atoms with Crippen molar-refractivity contribution in [3.05, 3.63) is 0 Å². The number of methoxy groups -OCH3 is 2. The molecule has 15 heteroatoms. The normalized spacial score (nSPS) is 36.1. The highest BCUT2D eigenvalue weighted by molar-refractivity contribution is 7.80. The van der Waals surface area contributed by atoms with Crippen molar-refractivity contribution in [1.29, 1.82) is 0 Å². The lowest BCUT2D eigenvalue weighted by atomic mass is 9.85. The summed E-state index contributed by atoms with van der Waals surface area (Å²) in [4.78, 5) is 11.7. The molecule has 2 saturated heterocycles. The number of carbonyl (C=O) groups excluding carboxylic acids is 1. The van der Waals surface area contributed by atoms with Gasteiger partial charge in [0.25, 0.3) is 0 Å². The van der Waals surface area contributed by atoms with Gasteiger partial charge in [0, 0.05) is 33.0 Å². The zero-order valence-electron chi connectivity index (χ0n) is 20.0. The first kappa shape index (κ1) is 30.2. The Balaban J connectivity index is 2.12. The van der Waals surface area contributed by atoms with E-state index in [0.717, 1.165) is 0 Å². The Morgan fingerprint density at radius 2 is 1.66 bits per heavy atom. The molecule has 1 amide bonds. The van der Waals surface area contributed by atoms with Crippen LogP contribution in [0.3, 0.4) is 0 Å². The van der Waals surface area contributed by atoms with E-state index < -0.39 is 71.5 Å². The van der Waals surface area contributed by atoms with Gasteiger partial charge < -0.3 is 44.3 Å². The molecule has 0 aromatic rings. The molecule has 2 heterocycles. The van der Waals surface area contributed by atoms with Crippen LogP contribution in [0.4, 0.5) is 0 Å². The lowest BCUT2D eigenvalue weighted by molar-refractivity contribution is -0.205. The number of hydrogen-bond donors (Lipinski definition) is 5. The summed E-state index contributed by atoms with van der Waals surface area (Å²) in [7, 11) is -1.89. The monoisotopic (exact) mass is 531 g/mol. The number of hydrogen-bond acceptors (Lipinski definition) is 12. The van der Waals surface area contributed by atoms with Crippen LogP contribution >= 0.6 is 0 Å². The van der Waals surface area contributed by atoms with E-state index in [9.17, 15) is 28.5 Å². The molecule has 2 fully saturated rings. The van der Waals surface area contributed by atoms with Crippen LogP contribution in [0.1, 0.15) is 13.3 Å². The molecule has 2 aliphatic rings. The van der Waals surface area contributed by atoms with Gasteiger partial charge in [-0.3, -0.25) is 9.35 Å². The maximum atomic E-state index is 11.7. The number of carbonyl (C=O) groups is 1. The third-order valence-corrected chi connectivity index (χ3v) is 6.52. The molecular formula is C20H37NO13S. The molecule has 0 aromatic heterocycles. The van der Waals surface area contributed by atoms with Crippen molar-refractivity contribution >= 4 is 16.3 Å². The minimum absolute atomic E-state index is 0.0243. The van der Waals surface area contributed by atoms with Gasteiger partial charge in [-0.25, -0.2) is 4.18 Å². The predicted octanol–water partition coefficient (Wildman–Crippen LogP) is -2.51. The second-order valence-electron chi connectivity index (χ2n) is 8.72. The van der Waals surface area contributed by atoms with Crippen molar-refractivity contribution < 1.29 is 61.0 Å². The van der Waals surface area contributed by atoms with Gasteiger partial charge >= 0.3 is 10.4 Å². The lowest BCUT2D eigenvalue weighted by Gasteiger charge is -2.45. The number of amides is 1. The first-order valence-corrected chi connectivity index (χ1v) is 12.6. The molecule has 5 N–H and O–H groups in total. The van der Waals surface area contributed by atoms with Crippen molar-refractivity contribution in [2.24, 2.45) is 11.8 Å². The zero-order chi connectivity index (χ0) is 26.2. The average molecular weight is 532 g/mol. The third-order valence-electron chi connectivity index (χ3n) is 6.09. The number of aliphatic hydroxyl groups is 3. The predicted molar refractivity (Wildman–Crippen MR) is 118 cm³/mol. The standard InChI is InChI=1S/C20H37NO13S/c1-11(23)21-18-16(8-30-3)34-15(10-32-35(26,27)28)14(20(18)25)7-31-9-17-19(24)12(6-29-2)4-13(5-22)33-17/h12-20,22,24-25H,4-10H2,1-3H3,(H,21,23)(H,26,27,28)/t12-,13?,14+,15?,16-,17-,18?,19?,20+/m0/s1. The fourth-order valence-electron chi connectivity index (χ4n) is 4.48. The van der Waals surface area contributed by atoms with Gasteiger partial charge in [0.1, 0.15) is 12.2 Å². The maximum absolute atomic E-state index is 11.7. The molecular weight excluding hydrogens is 494 g/mol. The number of ether oxygens (including phenoxy) is 5. The summed E-state index contributed by atoms with van der Waals surface area (Å²) in [5, 5.41) is 33.7. The van der Waals surface area contributed by atoms with E-state index >= 15 is 0 Å². The van der Waals surface area contributed by atoms with Crippen LogP contribution in [0.25, 0.3) is 0 Å². The molecule has 0 saturated carbocycles. The van der Waals surface area contributed by atoms with Gasteiger partial charge in [0.15, 0.2) is 0 Å². The largest absolute Gasteiger partial charge is 0.397 e. The van der Waals surface area contributed by atoms with Crippen LogP contribution in [0.15, 0.2) is 0 Å². The van der Waals surface area contributed by atoms with Crippen LogP contribution in [0.5, 0.6) is 0 Å². The van der Waals surface area contributed by atoms with Gasteiger partial charge in [0.2, 0.25) is 5.91 Å². The number of aliphatic hydroxyl groups excluding tert-OH is 3. The molecule has 14 nitrogen and oxygen atoms in total. The van der Waals surface area contributed by atoms with E-state index in [1.807, 2.05) is 0 Å². The smallest absolute Gasteiger partial charge is 0.394 e. The Morgan fingerprint density at radius 3 is 2.23 bits per heavy atom. The fourth-order valence-corrected chi connectivity index (χ4v) is 4.78. The summed E-state index contributed by atoms with van der Waals surface area (Å²) >= 11 is 0. The zero-order valence-corrected chi connectivity index (χ0v) is 20.8. The first-order chi connectivity index (χ1) is 16.5. The molecule has 0 aliphatic carbocycles. The van der Waals surface area contributed by atoms with E-state index in [1.54, 1.807) is 0 Å². The molecule has 2 aliphatic heterocycles. The highest BCUT2D eigenvalue weighted by atomic mass is 32.3. The summed E-state index contributed by atoms with van der Waals surface area (Å²) in [6.45, 7) is 0.339. The highest BCUT2D eigenvalue weighted by Gasteiger charge is 2.46. The Hall–Kier alpha value is -0.980. The van der Waals surface area contributed by atoms with E-state index in [4.69, 9.17) is 28.2 Å². The van der Waals surface area contributed by atoms with Crippen LogP contribution in [0.2, 0.25) is 0 Å². The summed E-state index contributed by atoms with van der Waals surface area (Å²) in [5.41, 5.74) is 0. The van der Waals surface area contributed by atoms with Crippen LogP contribution in [-0.2, 0) is 43.1 Å². The minimum Gasteiger partial charge on any atom is -0.394 e. The van der Waals surface area contributed by atoms with Crippen LogP contribution in [-0.4, -0.2) is 131 Å². The van der Waals surface area contributed by atoms with Crippen molar-refractivity contribution in [3.8, 4) is 0 Å². The van der Waals surface area contributed by atoms with E-state index in [2.05, 4.69) is 9.50 Å². The summed E-state index contributed by atoms with van der Waals surface area (Å²) in [6.07, 6.45) is -4.97. The molecule has 4 unspecified atom stereocenters.